The Morgan fingerprint density at radius 1 is 1.18 bits per heavy atom. The van der Waals surface area contributed by atoms with Gasteiger partial charge in [-0.15, -0.1) is 0 Å². The lowest BCUT2D eigenvalue weighted by atomic mass is 10.0. The minimum Gasteiger partial charge on any atom is -0.389 e. The first-order valence-electron chi connectivity index (χ1n) is 6.70. The maximum atomic E-state index is 10.4. The molecule has 2 nitrogen and oxygen atoms in total. The summed E-state index contributed by atoms with van der Waals surface area (Å²) < 4.78 is 0. The summed E-state index contributed by atoms with van der Waals surface area (Å²) in [4.78, 5) is 2.35. The van der Waals surface area contributed by atoms with Crippen LogP contribution in [-0.4, -0.2) is 28.7 Å². The third kappa shape index (κ3) is 3.55. The van der Waals surface area contributed by atoms with Crippen LogP contribution in [0.25, 0.3) is 0 Å². The van der Waals surface area contributed by atoms with Gasteiger partial charge in [-0.3, -0.25) is 4.90 Å². The van der Waals surface area contributed by atoms with Crippen LogP contribution in [-0.2, 0) is 6.54 Å². The van der Waals surface area contributed by atoms with Crippen molar-refractivity contribution >= 4 is 0 Å². The van der Waals surface area contributed by atoms with Crippen molar-refractivity contribution in [2.75, 3.05) is 13.1 Å². The Labute approximate surface area is 104 Å². The Bertz CT molecular complexity index is 330. The standard InChI is InChI=1S/C15H23NO/c1-2-16(12-14-8-4-3-5-9-14)13-15(17)10-6-7-11-15/h3-5,8-9,17H,2,6-7,10-13H2,1H3. The lowest BCUT2D eigenvalue weighted by Gasteiger charge is -2.30. The van der Waals surface area contributed by atoms with Gasteiger partial charge in [0, 0.05) is 13.1 Å². The van der Waals surface area contributed by atoms with Crippen molar-refractivity contribution in [3.8, 4) is 0 Å². The van der Waals surface area contributed by atoms with Gasteiger partial charge in [-0.1, -0.05) is 50.1 Å². The van der Waals surface area contributed by atoms with Crippen LogP contribution in [0.5, 0.6) is 0 Å². The van der Waals surface area contributed by atoms with E-state index in [0.717, 1.165) is 32.5 Å². The highest BCUT2D eigenvalue weighted by molar-refractivity contribution is 5.14. The number of hydrogen-bond donors (Lipinski definition) is 1. The molecule has 0 aromatic heterocycles. The normalized spacial score (nSPS) is 18.8. The molecule has 17 heavy (non-hydrogen) atoms. The lowest BCUT2D eigenvalue weighted by molar-refractivity contribution is 0.00850. The van der Waals surface area contributed by atoms with Gasteiger partial charge in [0.2, 0.25) is 0 Å². The third-order valence-electron chi connectivity index (χ3n) is 3.75. The smallest absolute Gasteiger partial charge is 0.0774 e. The average Bonchev–Trinajstić information content (AvgIpc) is 2.76. The van der Waals surface area contributed by atoms with Gasteiger partial charge < -0.3 is 5.11 Å². The summed E-state index contributed by atoms with van der Waals surface area (Å²) in [6.45, 7) is 4.93. The minimum atomic E-state index is -0.426. The zero-order valence-corrected chi connectivity index (χ0v) is 10.7. The highest BCUT2D eigenvalue weighted by atomic mass is 16.3. The van der Waals surface area contributed by atoms with Crippen LogP contribution in [0.15, 0.2) is 30.3 Å². The number of nitrogens with zero attached hydrogens (tertiary/aromatic N) is 1. The first-order valence-corrected chi connectivity index (χ1v) is 6.70. The predicted molar refractivity (Wildman–Crippen MR) is 70.8 cm³/mol. The number of hydrogen-bond acceptors (Lipinski definition) is 2. The average molecular weight is 233 g/mol. The molecule has 0 spiro atoms. The van der Waals surface area contributed by atoms with Gasteiger partial charge in [-0.25, -0.2) is 0 Å². The highest BCUT2D eigenvalue weighted by Gasteiger charge is 2.32. The zero-order chi connectivity index (χ0) is 12.1. The Morgan fingerprint density at radius 3 is 2.41 bits per heavy atom. The van der Waals surface area contributed by atoms with E-state index in [-0.39, 0.29) is 0 Å². The summed E-state index contributed by atoms with van der Waals surface area (Å²) in [6, 6.07) is 10.5. The highest BCUT2D eigenvalue weighted by Crippen LogP contribution is 2.30. The Morgan fingerprint density at radius 2 is 1.82 bits per heavy atom. The molecule has 0 bridgehead atoms. The zero-order valence-electron chi connectivity index (χ0n) is 10.7. The first kappa shape index (κ1) is 12.6. The topological polar surface area (TPSA) is 23.5 Å². The molecule has 2 heteroatoms. The molecule has 1 N–H and O–H groups in total. The van der Waals surface area contributed by atoms with Gasteiger partial charge in [0.1, 0.15) is 0 Å². The van der Waals surface area contributed by atoms with Gasteiger partial charge >= 0.3 is 0 Å². The van der Waals surface area contributed by atoms with E-state index in [1.54, 1.807) is 0 Å². The molecule has 1 fully saturated rings. The Hall–Kier alpha value is -0.860. The molecule has 2 rings (SSSR count). The summed E-state index contributed by atoms with van der Waals surface area (Å²) >= 11 is 0. The van der Waals surface area contributed by atoms with Crippen molar-refractivity contribution in [3.05, 3.63) is 35.9 Å². The van der Waals surface area contributed by atoms with Crippen LogP contribution >= 0.6 is 0 Å². The Balaban J connectivity index is 1.93. The van der Waals surface area contributed by atoms with Gasteiger partial charge in [-0.05, 0) is 24.9 Å². The van der Waals surface area contributed by atoms with Crippen LogP contribution in [0.4, 0.5) is 0 Å². The summed E-state index contributed by atoms with van der Waals surface area (Å²) in [5.74, 6) is 0. The second kappa shape index (κ2) is 5.65. The summed E-state index contributed by atoms with van der Waals surface area (Å²) in [7, 11) is 0. The van der Waals surface area contributed by atoms with E-state index in [2.05, 4.69) is 36.1 Å². The second-order valence-electron chi connectivity index (χ2n) is 5.22. The van der Waals surface area contributed by atoms with E-state index in [9.17, 15) is 5.11 Å². The quantitative estimate of drug-likeness (QED) is 0.845. The number of benzene rings is 1. The van der Waals surface area contributed by atoms with E-state index in [4.69, 9.17) is 0 Å². The molecule has 1 aromatic rings. The molecule has 0 saturated heterocycles. The number of rotatable bonds is 5. The summed E-state index contributed by atoms with van der Waals surface area (Å²) in [6.07, 6.45) is 4.30. The molecular formula is C15H23NO. The molecule has 0 amide bonds. The first-order chi connectivity index (χ1) is 8.22. The van der Waals surface area contributed by atoms with Crippen molar-refractivity contribution in [2.45, 2.75) is 44.8 Å². The van der Waals surface area contributed by atoms with Gasteiger partial charge in [0.25, 0.3) is 0 Å². The third-order valence-corrected chi connectivity index (χ3v) is 3.75. The van der Waals surface area contributed by atoms with Crippen molar-refractivity contribution in [3.63, 3.8) is 0 Å². The molecule has 1 saturated carbocycles. The van der Waals surface area contributed by atoms with E-state index in [1.807, 2.05) is 6.07 Å². The van der Waals surface area contributed by atoms with Crippen molar-refractivity contribution in [1.29, 1.82) is 0 Å². The molecule has 1 aliphatic carbocycles. The number of likely N-dealkylation sites (N-methyl/N-ethyl adjacent to an activating group) is 1. The van der Waals surface area contributed by atoms with Crippen LogP contribution < -0.4 is 0 Å². The molecule has 1 aromatic carbocycles. The van der Waals surface area contributed by atoms with Crippen LogP contribution in [0.2, 0.25) is 0 Å². The fourth-order valence-electron chi connectivity index (χ4n) is 2.73. The molecule has 1 aliphatic rings. The maximum Gasteiger partial charge on any atom is 0.0774 e. The molecule has 0 aliphatic heterocycles. The molecule has 94 valence electrons. The minimum absolute atomic E-state index is 0.426. The monoisotopic (exact) mass is 233 g/mol. The lowest BCUT2D eigenvalue weighted by Crippen LogP contribution is -2.40. The maximum absolute atomic E-state index is 10.4. The molecular weight excluding hydrogens is 210 g/mol. The van der Waals surface area contributed by atoms with Gasteiger partial charge in [0.05, 0.1) is 5.60 Å². The molecule has 0 atom stereocenters. The van der Waals surface area contributed by atoms with Crippen LogP contribution in [0, 0.1) is 0 Å². The Kier molecular flexibility index (Phi) is 4.19. The van der Waals surface area contributed by atoms with Crippen molar-refractivity contribution in [2.24, 2.45) is 0 Å². The fraction of sp³-hybridized carbons (Fsp3) is 0.600. The van der Waals surface area contributed by atoms with Crippen LogP contribution in [0.3, 0.4) is 0 Å². The van der Waals surface area contributed by atoms with Gasteiger partial charge in [0.15, 0.2) is 0 Å². The SMILES string of the molecule is CCN(Cc1ccccc1)CC1(O)CCCC1. The fourth-order valence-corrected chi connectivity index (χ4v) is 2.73. The predicted octanol–water partition coefficient (Wildman–Crippen LogP) is 2.81. The largest absolute Gasteiger partial charge is 0.389 e. The second-order valence-corrected chi connectivity index (χ2v) is 5.22. The molecule has 0 unspecified atom stereocenters. The van der Waals surface area contributed by atoms with E-state index < -0.39 is 5.60 Å². The molecule has 0 heterocycles. The van der Waals surface area contributed by atoms with Crippen molar-refractivity contribution in [1.82, 2.24) is 4.90 Å². The van der Waals surface area contributed by atoms with E-state index >= 15 is 0 Å². The van der Waals surface area contributed by atoms with E-state index in [1.165, 1.54) is 18.4 Å². The van der Waals surface area contributed by atoms with Crippen LogP contribution in [0.1, 0.15) is 38.2 Å². The van der Waals surface area contributed by atoms with Gasteiger partial charge in [-0.2, -0.15) is 0 Å². The summed E-state index contributed by atoms with van der Waals surface area (Å²) in [5, 5.41) is 10.4. The molecule has 0 radical (unpaired) electrons. The van der Waals surface area contributed by atoms with E-state index in [0.29, 0.717) is 0 Å². The van der Waals surface area contributed by atoms with Crippen molar-refractivity contribution < 1.29 is 5.11 Å². The summed E-state index contributed by atoms with van der Waals surface area (Å²) in [5.41, 5.74) is 0.904. The number of aliphatic hydroxyl groups is 1.